The number of carbonyl (C=O) groups excluding carboxylic acids is 1. The summed E-state index contributed by atoms with van der Waals surface area (Å²) in [6.07, 6.45) is 3.14. The number of piperidine rings is 1. The first-order chi connectivity index (χ1) is 10.0. The first-order valence-corrected chi connectivity index (χ1v) is 7.92. The maximum atomic E-state index is 12.5. The lowest BCUT2D eigenvalue weighted by molar-refractivity contribution is 0.0946. The molecule has 116 valence electrons. The van der Waals surface area contributed by atoms with Crippen LogP contribution in [0.2, 0.25) is 0 Å². The highest BCUT2D eigenvalue weighted by molar-refractivity contribution is 5.99. The molecular formula is C18H27NO2. The van der Waals surface area contributed by atoms with Crippen LogP contribution in [0.1, 0.15) is 47.7 Å². The lowest BCUT2D eigenvalue weighted by Crippen LogP contribution is -2.35. The van der Waals surface area contributed by atoms with Crippen LogP contribution in [0.15, 0.2) is 12.1 Å². The fourth-order valence-electron chi connectivity index (χ4n) is 3.06. The molecule has 3 heteroatoms. The van der Waals surface area contributed by atoms with Crippen molar-refractivity contribution in [3.63, 3.8) is 0 Å². The molecule has 1 fully saturated rings. The molecule has 1 aromatic carbocycles. The molecule has 3 nitrogen and oxygen atoms in total. The second kappa shape index (κ2) is 7.08. The van der Waals surface area contributed by atoms with E-state index in [1.165, 1.54) is 12.8 Å². The standard InChI is InChI=1S/C18H27NO2/c1-13-6-5-8-19(12-13)9-7-17(20)16-10-14(2)15(3)11-18(16)21-4/h10-11,13H,5-9,12H2,1-4H3. The average molecular weight is 289 g/mol. The first kappa shape index (κ1) is 16.0. The van der Waals surface area contributed by atoms with E-state index >= 15 is 0 Å². The smallest absolute Gasteiger partial charge is 0.167 e. The van der Waals surface area contributed by atoms with Crippen LogP contribution in [0.3, 0.4) is 0 Å². The topological polar surface area (TPSA) is 29.5 Å². The zero-order valence-electron chi connectivity index (χ0n) is 13.7. The Morgan fingerprint density at radius 3 is 2.71 bits per heavy atom. The molecule has 1 aliphatic rings. The van der Waals surface area contributed by atoms with E-state index in [2.05, 4.69) is 11.8 Å². The first-order valence-electron chi connectivity index (χ1n) is 7.92. The second-order valence-corrected chi connectivity index (χ2v) is 6.36. The Morgan fingerprint density at radius 1 is 1.33 bits per heavy atom. The Bertz CT molecular complexity index is 510. The molecule has 1 unspecified atom stereocenters. The fraction of sp³-hybridized carbons (Fsp3) is 0.611. The lowest BCUT2D eigenvalue weighted by atomic mass is 9.98. The van der Waals surface area contributed by atoms with Crippen molar-refractivity contribution in [2.45, 2.75) is 40.0 Å². The van der Waals surface area contributed by atoms with Crippen molar-refractivity contribution in [3.05, 3.63) is 28.8 Å². The van der Waals surface area contributed by atoms with Gasteiger partial charge in [0.15, 0.2) is 5.78 Å². The molecule has 0 spiro atoms. The number of methoxy groups -OCH3 is 1. The summed E-state index contributed by atoms with van der Waals surface area (Å²) in [7, 11) is 1.63. The van der Waals surface area contributed by atoms with E-state index in [1.54, 1.807) is 7.11 Å². The molecule has 1 heterocycles. The number of aryl methyl sites for hydroxylation is 2. The number of rotatable bonds is 5. The zero-order valence-corrected chi connectivity index (χ0v) is 13.7. The Labute approximate surface area is 128 Å². The van der Waals surface area contributed by atoms with Crippen LogP contribution < -0.4 is 4.74 Å². The molecule has 1 aliphatic heterocycles. The number of nitrogens with zero attached hydrogens (tertiary/aromatic N) is 1. The van der Waals surface area contributed by atoms with Crippen molar-refractivity contribution in [1.82, 2.24) is 4.90 Å². The summed E-state index contributed by atoms with van der Waals surface area (Å²) in [5.41, 5.74) is 3.03. The number of likely N-dealkylation sites (tertiary alicyclic amines) is 1. The molecular weight excluding hydrogens is 262 g/mol. The molecule has 0 bridgehead atoms. The molecule has 1 aromatic rings. The van der Waals surface area contributed by atoms with Crippen molar-refractivity contribution in [2.75, 3.05) is 26.7 Å². The van der Waals surface area contributed by atoms with E-state index in [4.69, 9.17) is 4.74 Å². The lowest BCUT2D eigenvalue weighted by Gasteiger charge is -2.30. The summed E-state index contributed by atoms with van der Waals surface area (Å²) < 4.78 is 5.38. The normalized spacial score (nSPS) is 19.5. The van der Waals surface area contributed by atoms with Crippen LogP contribution in [-0.2, 0) is 0 Å². The van der Waals surface area contributed by atoms with Crippen LogP contribution in [-0.4, -0.2) is 37.4 Å². The number of ether oxygens (including phenoxy) is 1. The van der Waals surface area contributed by atoms with Gasteiger partial charge in [-0.25, -0.2) is 0 Å². The summed E-state index contributed by atoms with van der Waals surface area (Å²) >= 11 is 0. The summed E-state index contributed by atoms with van der Waals surface area (Å²) in [6.45, 7) is 9.48. The Morgan fingerprint density at radius 2 is 2.05 bits per heavy atom. The van der Waals surface area contributed by atoms with Crippen molar-refractivity contribution in [3.8, 4) is 5.75 Å². The molecule has 0 radical (unpaired) electrons. The van der Waals surface area contributed by atoms with E-state index in [1.807, 2.05) is 26.0 Å². The van der Waals surface area contributed by atoms with E-state index in [9.17, 15) is 4.79 Å². The summed E-state index contributed by atoms with van der Waals surface area (Å²) in [4.78, 5) is 14.9. The molecule has 0 aromatic heterocycles. The number of hydrogen-bond donors (Lipinski definition) is 0. The molecule has 0 aliphatic carbocycles. The SMILES string of the molecule is COc1cc(C)c(C)cc1C(=O)CCN1CCCC(C)C1. The van der Waals surface area contributed by atoms with Gasteiger partial charge in [0.25, 0.3) is 0 Å². The predicted octanol–water partition coefficient (Wildman–Crippen LogP) is 3.62. The van der Waals surface area contributed by atoms with Gasteiger partial charge in [-0.1, -0.05) is 6.92 Å². The number of carbonyl (C=O) groups is 1. The number of benzene rings is 1. The van der Waals surface area contributed by atoms with Gasteiger partial charge in [-0.05, 0) is 62.4 Å². The number of hydrogen-bond acceptors (Lipinski definition) is 3. The van der Waals surface area contributed by atoms with Gasteiger partial charge < -0.3 is 9.64 Å². The predicted molar refractivity (Wildman–Crippen MR) is 86.3 cm³/mol. The third-order valence-electron chi connectivity index (χ3n) is 4.51. The molecule has 21 heavy (non-hydrogen) atoms. The minimum absolute atomic E-state index is 0.188. The maximum Gasteiger partial charge on any atom is 0.167 e. The van der Waals surface area contributed by atoms with Gasteiger partial charge in [0.05, 0.1) is 12.7 Å². The van der Waals surface area contributed by atoms with Gasteiger partial charge in [-0.3, -0.25) is 4.79 Å². The van der Waals surface area contributed by atoms with Crippen molar-refractivity contribution in [2.24, 2.45) is 5.92 Å². The monoisotopic (exact) mass is 289 g/mol. The van der Waals surface area contributed by atoms with Crippen LogP contribution >= 0.6 is 0 Å². The van der Waals surface area contributed by atoms with Crippen molar-refractivity contribution in [1.29, 1.82) is 0 Å². The quantitative estimate of drug-likeness (QED) is 0.775. The van der Waals surface area contributed by atoms with Gasteiger partial charge >= 0.3 is 0 Å². The van der Waals surface area contributed by atoms with Gasteiger partial charge in [0, 0.05) is 19.5 Å². The highest BCUT2D eigenvalue weighted by atomic mass is 16.5. The minimum atomic E-state index is 0.188. The third-order valence-corrected chi connectivity index (χ3v) is 4.51. The van der Waals surface area contributed by atoms with Crippen LogP contribution in [0.4, 0.5) is 0 Å². The highest BCUT2D eigenvalue weighted by Gasteiger charge is 2.19. The second-order valence-electron chi connectivity index (χ2n) is 6.36. The molecule has 1 saturated heterocycles. The van der Waals surface area contributed by atoms with E-state index in [0.717, 1.165) is 42.2 Å². The molecule has 0 N–H and O–H groups in total. The molecule has 0 amide bonds. The van der Waals surface area contributed by atoms with Crippen LogP contribution in [0.25, 0.3) is 0 Å². The maximum absolute atomic E-state index is 12.5. The Kier molecular flexibility index (Phi) is 5.40. The van der Waals surface area contributed by atoms with Crippen molar-refractivity contribution < 1.29 is 9.53 Å². The number of Topliss-reactive ketones (excluding diaryl/α,β-unsaturated/α-hetero) is 1. The Hall–Kier alpha value is -1.35. The Balaban J connectivity index is 2.01. The van der Waals surface area contributed by atoms with Gasteiger partial charge in [-0.15, -0.1) is 0 Å². The summed E-state index contributed by atoms with van der Waals surface area (Å²) in [5, 5.41) is 0. The fourth-order valence-corrected chi connectivity index (χ4v) is 3.06. The minimum Gasteiger partial charge on any atom is -0.496 e. The van der Waals surface area contributed by atoms with Gasteiger partial charge in [0.2, 0.25) is 0 Å². The van der Waals surface area contributed by atoms with Gasteiger partial charge in [-0.2, -0.15) is 0 Å². The van der Waals surface area contributed by atoms with Crippen LogP contribution in [0.5, 0.6) is 5.75 Å². The largest absolute Gasteiger partial charge is 0.496 e. The zero-order chi connectivity index (χ0) is 15.4. The number of ketones is 1. The van der Waals surface area contributed by atoms with Crippen molar-refractivity contribution >= 4 is 5.78 Å². The summed E-state index contributed by atoms with van der Waals surface area (Å²) in [5.74, 6) is 1.65. The highest BCUT2D eigenvalue weighted by Crippen LogP contribution is 2.25. The average Bonchev–Trinajstić information content (AvgIpc) is 2.47. The van der Waals surface area contributed by atoms with E-state index in [-0.39, 0.29) is 5.78 Å². The van der Waals surface area contributed by atoms with E-state index in [0.29, 0.717) is 12.2 Å². The molecule has 2 rings (SSSR count). The van der Waals surface area contributed by atoms with E-state index < -0.39 is 0 Å². The third kappa shape index (κ3) is 4.07. The molecule has 1 atom stereocenters. The molecule has 0 saturated carbocycles. The van der Waals surface area contributed by atoms with Gasteiger partial charge in [0.1, 0.15) is 5.75 Å². The van der Waals surface area contributed by atoms with Crippen LogP contribution in [0, 0.1) is 19.8 Å². The summed E-state index contributed by atoms with van der Waals surface area (Å²) in [6, 6.07) is 3.93.